The van der Waals surface area contributed by atoms with Crippen molar-refractivity contribution in [3.63, 3.8) is 0 Å². The average molecular weight is 319 g/mol. The van der Waals surface area contributed by atoms with Crippen LogP contribution in [0.4, 0.5) is 0 Å². The molecule has 1 amide bonds. The Balaban J connectivity index is 1.78. The van der Waals surface area contributed by atoms with Crippen molar-refractivity contribution < 1.29 is 9.53 Å². The summed E-state index contributed by atoms with van der Waals surface area (Å²) in [5.41, 5.74) is 1.39. The fraction of sp³-hybridized carbons (Fsp3) is 0.611. The lowest BCUT2D eigenvalue weighted by molar-refractivity contribution is -0.122. The molecule has 1 aliphatic heterocycles. The molecule has 1 aromatic carbocycles. The van der Waals surface area contributed by atoms with Gasteiger partial charge in [0.25, 0.3) is 0 Å². The van der Waals surface area contributed by atoms with Crippen molar-refractivity contribution in [1.82, 2.24) is 15.1 Å². The van der Waals surface area contributed by atoms with Gasteiger partial charge in [-0.3, -0.25) is 14.6 Å². The average Bonchev–Trinajstić information content (AvgIpc) is 2.58. The molecule has 1 fully saturated rings. The van der Waals surface area contributed by atoms with Crippen molar-refractivity contribution in [2.24, 2.45) is 0 Å². The molecule has 0 unspecified atom stereocenters. The van der Waals surface area contributed by atoms with Crippen LogP contribution < -0.4 is 5.32 Å². The van der Waals surface area contributed by atoms with Gasteiger partial charge in [-0.25, -0.2) is 0 Å². The van der Waals surface area contributed by atoms with Crippen molar-refractivity contribution in [1.29, 1.82) is 0 Å². The van der Waals surface area contributed by atoms with Gasteiger partial charge in [0, 0.05) is 45.9 Å². The Labute approximate surface area is 139 Å². The summed E-state index contributed by atoms with van der Waals surface area (Å²) >= 11 is 0. The van der Waals surface area contributed by atoms with E-state index in [0.29, 0.717) is 25.7 Å². The lowest BCUT2D eigenvalue weighted by Crippen LogP contribution is -2.50. The number of piperazine rings is 1. The summed E-state index contributed by atoms with van der Waals surface area (Å²) in [5, 5.41) is 2.88. The summed E-state index contributed by atoms with van der Waals surface area (Å²) in [6.07, 6.45) is 1.11. The Morgan fingerprint density at radius 2 is 1.91 bits per heavy atom. The maximum atomic E-state index is 11.9. The highest BCUT2D eigenvalue weighted by molar-refractivity contribution is 5.78. The summed E-state index contributed by atoms with van der Waals surface area (Å²) in [4.78, 5) is 16.6. The second-order valence-electron chi connectivity index (χ2n) is 5.99. The van der Waals surface area contributed by atoms with Crippen molar-refractivity contribution >= 4 is 5.91 Å². The van der Waals surface area contributed by atoms with E-state index < -0.39 is 0 Å². The largest absolute Gasteiger partial charge is 0.383 e. The predicted octanol–water partition coefficient (Wildman–Crippen LogP) is 1.52. The molecule has 1 atom stereocenters. The summed E-state index contributed by atoms with van der Waals surface area (Å²) in [6, 6.07) is 11.2. The van der Waals surface area contributed by atoms with Crippen LogP contribution in [0.5, 0.6) is 0 Å². The molecule has 128 valence electrons. The first-order chi connectivity index (χ1) is 11.2. The molecule has 0 aliphatic carbocycles. The van der Waals surface area contributed by atoms with E-state index in [-0.39, 0.29) is 5.91 Å². The van der Waals surface area contributed by atoms with Gasteiger partial charge in [0.05, 0.1) is 13.2 Å². The lowest BCUT2D eigenvalue weighted by Gasteiger charge is -2.39. The molecule has 1 aromatic rings. The van der Waals surface area contributed by atoms with Gasteiger partial charge in [-0.15, -0.1) is 0 Å². The first kappa shape index (κ1) is 17.9. The van der Waals surface area contributed by atoms with Crippen LogP contribution >= 0.6 is 0 Å². The van der Waals surface area contributed by atoms with E-state index in [1.54, 1.807) is 7.11 Å². The Hall–Kier alpha value is -1.43. The van der Waals surface area contributed by atoms with Crippen molar-refractivity contribution in [3.8, 4) is 0 Å². The van der Waals surface area contributed by atoms with Crippen molar-refractivity contribution in [3.05, 3.63) is 35.9 Å². The Bertz CT molecular complexity index is 459. The number of carbonyl (C=O) groups is 1. The molecule has 23 heavy (non-hydrogen) atoms. The molecule has 1 heterocycles. The minimum absolute atomic E-state index is 0.0885. The molecule has 0 saturated carbocycles. The topological polar surface area (TPSA) is 44.8 Å². The second-order valence-corrected chi connectivity index (χ2v) is 5.99. The van der Waals surface area contributed by atoms with Gasteiger partial charge >= 0.3 is 0 Å². The number of methoxy groups -OCH3 is 1. The Kier molecular flexibility index (Phi) is 7.52. The summed E-state index contributed by atoms with van der Waals surface area (Å²) in [7, 11) is 1.64. The molecule has 0 spiro atoms. The lowest BCUT2D eigenvalue weighted by atomic mass is 10.0. The molecule has 2 rings (SSSR count). The molecular weight excluding hydrogens is 290 g/mol. The zero-order valence-corrected chi connectivity index (χ0v) is 14.3. The quantitative estimate of drug-likeness (QED) is 0.738. The van der Waals surface area contributed by atoms with E-state index in [4.69, 9.17) is 4.74 Å². The molecule has 5 nitrogen and oxygen atoms in total. The molecule has 0 radical (unpaired) electrons. The van der Waals surface area contributed by atoms with Crippen LogP contribution in [0.3, 0.4) is 0 Å². The van der Waals surface area contributed by atoms with E-state index in [0.717, 1.165) is 32.6 Å². The van der Waals surface area contributed by atoms with Gasteiger partial charge < -0.3 is 10.1 Å². The first-order valence-electron chi connectivity index (χ1n) is 8.51. The highest BCUT2D eigenvalue weighted by Gasteiger charge is 2.24. The standard InChI is InChI=1S/C18H29N3O2/c1-3-17(16-7-5-4-6-8-16)21-12-10-20(11-13-21)15-18(22)19-9-14-23-2/h4-8,17H,3,9-15H2,1-2H3,(H,19,22)/t17-/m0/s1. The van der Waals surface area contributed by atoms with E-state index in [9.17, 15) is 4.79 Å². The van der Waals surface area contributed by atoms with Crippen LogP contribution in [-0.4, -0.2) is 68.7 Å². The van der Waals surface area contributed by atoms with Crippen LogP contribution in [0.2, 0.25) is 0 Å². The normalized spacial score (nSPS) is 17.8. The van der Waals surface area contributed by atoms with Gasteiger partial charge in [0.2, 0.25) is 5.91 Å². The first-order valence-corrected chi connectivity index (χ1v) is 8.51. The van der Waals surface area contributed by atoms with Crippen molar-refractivity contribution in [2.45, 2.75) is 19.4 Å². The van der Waals surface area contributed by atoms with Gasteiger partial charge in [0.15, 0.2) is 0 Å². The number of carbonyl (C=O) groups excluding carboxylic acids is 1. The van der Waals surface area contributed by atoms with Gasteiger partial charge in [-0.05, 0) is 12.0 Å². The summed E-state index contributed by atoms with van der Waals surface area (Å²) in [5.74, 6) is 0.0885. The van der Waals surface area contributed by atoms with Gasteiger partial charge in [0.1, 0.15) is 0 Å². The van der Waals surface area contributed by atoms with E-state index >= 15 is 0 Å². The van der Waals surface area contributed by atoms with Gasteiger partial charge in [-0.2, -0.15) is 0 Å². The van der Waals surface area contributed by atoms with Crippen LogP contribution in [0.1, 0.15) is 24.9 Å². The smallest absolute Gasteiger partial charge is 0.234 e. The van der Waals surface area contributed by atoms with E-state index in [1.807, 2.05) is 0 Å². The molecule has 0 aromatic heterocycles. The highest BCUT2D eigenvalue weighted by Crippen LogP contribution is 2.24. The maximum Gasteiger partial charge on any atom is 0.234 e. The number of hydrogen-bond donors (Lipinski definition) is 1. The van der Waals surface area contributed by atoms with Crippen LogP contribution in [0, 0.1) is 0 Å². The zero-order valence-electron chi connectivity index (χ0n) is 14.3. The minimum Gasteiger partial charge on any atom is -0.383 e. The minimum atomic E-state index is 0.0885. The molecule has 5 heteroatoms. The highest BCUT2D eigenvalue weighted by atomic mass is 16.5. The van der Waals surface area contributed by atoms with Crippen LogP contribution in [0.25, 0.3) is 0 Å². The number of benzene rings is 1. The van der Waals surface area contributed by atoms with Crippen LogP contribution in [-0.2, 0) is 9.53 Å². The molecule has 1 saturated heterocycles. The molecule has 1 N–H and O–H groups in total. The number of nitrogens with one attached hydrogen (secondary N) is 1. The summed E-state index contributed by atoms with van der Waals surface area (Å²) in [6.45, 7) is 7.79. The molecular formula is C18H29N3O2. The monoisotopic (exact) mass is 319 g/mol. The zero-order chi connectivity index (χ0) is 16.5. The second kappa shape index (κ2) is 9.65. The molecule has 1 aliphatic rings. The Morgan fingerprint density at radius 1 is 1.22 bits per heavy atom. The fourth-order valence-electron chi connectivity index (χ4n) is 3.16. The number of amides is 1. The SMILES string of the molecule is CC[C@@H](c1ccccc1)N1CCN(CC(=O)NCCOC)CC1. The van der Waals surface area contributed by atoms with E-state index in [1.165, 1.54) is 5.56 Å². The third kappa shape index (κ3) is 5.61. The fourth-order valence-corrected chi connectivity index (χ4v) is 3.16. The van der Waals surface area contributed by atoms with Gasteiger partial charge in [-0.1, -0.05) is 37.3 Å². The summed E-state index contributed by atoms with van der Waals surface area (Å²) < 4.78 is 4.94. The van der Waals surface area contributed by atoms with Crippen molar-refractivity contribution in [2.75, 3.05) is 53.0 Å². The third-order valence-electron chi connectivity index (χ3n) is 4.41. The number of ether oxygens (including phenoxy) is 1. The number of hydrogen-bond acceptors (Lipinski definition) is 4. The Morgan fingerprint density at radius 3 is 2.52 bits per heavy atom. The van der Waals surface area contributed by atoms with E-state index in [2.05, 4.69) is 52.4 Å². The predicted molar refractivity (Wildman–Crippen MR) is 92.4 cm³/mol. The van der Waals surface area contributed by atoms with Crippen LogP contribution in [0.15, 0.2) is 30.3 Å². The third-order valence-corrected chi connectivity index (χ3v) is 4.41. The number of rotatable bonds is 8. The maximum absolute atomic E-state index is 11.9. The number of nitrogens with zero attached hydrogens (tertiary/aromatic N) is 2. The molecule has 0 bridgehead atoms.